The van der Waals surface area contributed by atoms with Gasteiger partial charge in [0.15, 0.2) is 5.82 Å². The van der Waals surface area contributed by atoms with Crippen LogP contribution in [0.1, 0.15) is 37.1 Å². The van der Waals surface area contributed by atoms with E-state index in [1.165, 1.54) is 18.5 Å². The van der Waals surface area contributed by atoms with Crippen molar-refractivity contribution in [1.82, 2.24) is 25.1 Å². The van der Waals surface area contributed by atoms with E-state index in [-0.39, 0.29) is 0 Å². The predicted molar refractivity (Wildman–Crippen MR) is 68.5 cm³/mol. The van der Waals surface area contributed by atoms with Gasteiger partial charge < -0.3 is 5.32 Å². The number of hydrogen-bond acceptors (Lipinski definition) is 4. The maximum atomic E-state index is 4.56. The van der Waals surface area contributed by atoms with Gasteiger partial charge in [0.05, 0.1) is 17.6 Å². The first-order valence-electron chi connectivity index (χ1n) is 6.44. The highest BCUT2D eigenvalue weighted by Crippen LogP contribution is 2.38. The molecule has 0 unspecified atom stereocenters. The van der Waals surface area contributed by atoms with E-state index in [0.29, 0.717) is 5.92 Å². The summed E-state index contributed by atoms with van der Waals surface area (Å²) < 4.78 is 1.82. The van der Waals surface area contributed by atoms with Gasteiger partial charge in [-0.1, -0.05) is 6.92 Å². The maximum absolute atomic E-state index is 4.56. The summed E-state index contributed by atoms with van der Waals surface area (Å²) in [4.78, 5) is 8.77. The molecule has 0 atom stereocenters. The molecule has 1 aliphatic rings. The molecule has 0 aromatic carbocycles. The molecule has 2 aromatic rings. The predicted octanol–water partition coefficient (Wildman–Crippen LogP) is 1.65. The van der Waals surface area contributed by atoms with E-state index in [0.717, 1.165) is 24.6 Å². The Morgan fingerprint density at radius 2 is 2.28 bits per heavy atom. The lowest BCUT2D eigenvalue weighted by Crippen LogP contribution is -2.14. The summed E-state index contributed by atoms with van der Waals surface area (Å²) in [6.07, 6.45) is 8.04. The number of aromatic nitrogens is 4. The summed E-state index contributed by atoms with van der Waals surface area (Å²) in [5.74, 6) is 1.46. The molecule has 1 N–H and O–H groups in total. The molecule has 0 bridgehead atoms. The highest BCUT2D eigenvalue weighted by molar-refractivity contribution is 5.22. The van der Waals surface area contributed by atoms with Crippen LogP contribution >= 0.6 is 0 Å². The Balaban J connectivity index is 1.81. The zero-order chi connectivity index (χ0) is 12.4. The fourth-order valence-corrected chi connectivity index (χ4v) is 1.91. The van der Waals surface area contributed by atoms with Crippen LogP contribution in [0.15, 0.2) is 24.7 Å². The van der Waals surface area contributed by atoms with E-state index in [2.05, 4.69) is 33.4 Å². The van der Waals surface area contributed by atoms with E-state index < -0.39 is 0 Å². The second-order valence-corrected chi connectivity index (χ2v) is 4.61. The van der Waals surface area contributed by atoms with E-state index in [1.807, 2.05) is 10.9 Å². The van der Waals surface area contributed by atoms with E-state index in [4.69, 9.17) is 0 Å². The Hall–Kier alpha value is -1.75. The Bertz CT molecular complexity index is 530. The van der Waals surface area contributed by atoms with Crippen LogP contribution in [0.4, 0.5) is 0 Å². The van der Waals surface area contributed by atoms with E-state index >= 15 is 0 Å². The van der Waals surface area contributed by atoms with Gasteiger partial charge in [-0.25, -0.2) is 9.67 Å². The second-order valence-electron chi connectivity index (χ2n) is 4.61. The molecule has 18 heavy (non-hydrogen) atoms. The van der Waals surface area contributed by atoms with Crippen molar-refractivity contribution in [1.29, 1.82) is 0 Å². The Kier molecular flexibility index (Phi) is 3.06. The zero-order valence-electron chi connectivity index (χ0n) is 10.5. The lowest BCUT2D eigenvalue weighted by atomic mass is 10.3. The van der Waals surface area contributed by atoms with Crippen molar-refractivity contribution in [3.05, 3.63) is 36.0 Å². The van der Waals surface area contributed by atoms with Crippen LogP contribution in [-0.4, -0.2) is 26.3 Å². The molecule has 3 rings (SSSR count). The van der Waals surface area contributed by atoms with Crippen molar-refractivity contribution in [2.24, 2.45) is 0 Å². The number of nitrogens with zero attached hydrogens (tertiary/aromatic N) is 4. The van der Waals surface area contributed by atoms with Crippen LogP contribution in [-0.2, 0) is 6.54 Å². The van der Waals surface area contributed by atoms with E-state index in [9.17, 15) is 0 Å². The van der Waals surface area contributed by atoms with Crippen LogP contribution in [0.3, 0.4) is 0 Å². The van der Waals surface area contributed by atoms with Crippen LogP contribution < -0.4 is 5.32 Å². The molecule has 2 heterocycles. The van der Waals surface area contributed by atoms with Crippen molar-refractivity contribution in [3.8, 4) is 5.82 Å². The lowest BCUT2D eigenvalue weighted by Gasteiger charge is -2.04. The molecule has 0 aliphatic heterocycles. The number of rotatable bonds is 5. The minimum absolute atomic E-state index is 0.671. The van der Waals surface area contributed by atoms with Crippen molar-refractivity contribution in [2.75, 3.05) is 6.54 Å². The summed E-state index contributed by atoms with van der Waals surface area (Å²) in [5, 5.41) is 7.80. The summed E-state index contributed by atoms with van der Waals surface area (Å²) in [7, 11) is 0. The first-order valence-corrected chi connectivity index (χ1v) is 6.44. The monoisotopic (exact) mass is 243 g/mol. The molecule has 0 spiro atoms. The van der Waals surface area contributed by atoms with Crippen molar-refractivity contribution >= 4 is 0 Å². The molecule has 94 valence electrons. The molecule has 0 saturated heterocycles. The van der Waals surface area contributed by atoms with E-state index in [1.54, 1.807) is 12.4 Å². The third-order valence-electron chi connectivity index (χ3n) is 3.07. The summed E-state index contributed by atoms with van der Waals surface area (Å²) in [5.41, 5.74) is 2.12. The lowest BCUT2D eigenvalue weighted by molar-refractivity contribution is 0.698. The summed E-state index contributed by atoms with van der Waals surface area (Å²) in [6, 6.07) is 2.08. The first-order chi connectivity index (χ1) is 8.86. The molecule has 0 radical (unpaired) electrons. The molecule has 1 fully saturated rings. The van der Waals surface area contributed by atoms with Crippen molar-refractivity contribution in [2.45, 2.75) is 32.2 Å². The third kappa shape index (κ3) is 2.41. The molecular weight excluding hydrogens is 226 g/mol. The molecule has 2 aromatic heterocycles. The standard InChI is InChI=1S/C13H17N5/c1-2-14-7-11-8-15-9-13(16-11)18-6-5-12(17-18)10-3-4-10/h5-6,8-10,14H,2-4,7H2,1H3. The van der Waals surface area contributed by atoms with Gasteiger partial charge >= 0.3 is 0 Å². The molecule has 0 amide bonds. The summed E-state index contributed by atoms with van der Waals surface area (Å²) >= 11 is 0. The fourth-order valence-electron chi connectivity index (χ4n) is 1.91. The molecule has 5 nitrogen and oxygen atoms in total. The first kappa shape index (κ1) is 11.3. The average Bonchev–Trinajstić information content (AvgIpc) is 3.14. The van der Waals surface area contributed by atoms with Gasteiger partial charge in [-0.05, 0) is 25.5 Å². The highest BCUT2D eigenvalue weighted by Gasteiger charge is 2.25. The van der Waals surface area contributed by atoms with Gasteiger partial charge in [-0.15, -0.1) is 0 Å². The number of nitrogens with one attached hydrogen (secondary N) is 1. The normalized spacial score (nSPS) is 14.9. The Labute approximate surface area is 106 Å². The molecule has 5 heteroatoms. The largest absolute Gasteiger partial charge is 0.311 e. The second kappa shape index (κ2) is 4.86. The Morgan fingerprint density at radius 1 is 1.39 bits per heavy atom. The average molecular weight is 243 g/mol. The topological polar surface area (TPSA) is 55.6 Å². The SMILES string of the molecule is CCNCc1cncc(-n2ccc(C3CC3)n2)n1. The smallest absolute Gasteiger partial charge is 0.172 e. The highest BCUT2D eigenvalue weighted by atomic mass is 15.3. The van der Waals surface area contributed by atoms with Crippen molar-refractivity contribution in [3.63, 3.8) is 0 Å². The summed E-state index contributed by atoms with van der Waals surface area (Å²) in [6.45, 7) is 3.75. The van der Waals surface area contributed by atoms with Crippen LogP contribution in [0, 0.1) is 0 Å². The van der Waals surface area contributed by atoms with Crippen molar-refractivity contribution < 1.29 is 0 Å². The van der Waals surface area contributed by atoms with Crippen LogP contribution in [0.2, 0.25) is 0 Å². The molecule has 1 saturated carbocycles. The quantitative estimate of drug-likeness (QED) is 0.867. The van der Waals surface area contributed by atoms with Gasteiger partial charge in [-0.2, -0.15) is 5.10 Å². The van der Waals surface area contributed by atoms with Gasteiger partial charge in [0.2, 0.25) is 0 Å². The molecular formula is C13H17N5. The zero-order valence-corrected chi connectivity index (χ0v) is 10.5. The third-order valence-corrected chi connectivity index (χ3v) is 3.07. The van der Waals surface area contributed by atoms with Gasteiger partial charge in [0, 0.05) is 24.9 Å². The van der Waals surface area contributed by atoms with Crippen LogP contribution in [0.25, 0.3) is 5.82 Å². The fraction of sp³-hybridized carbons (Fsp3) is 0.462. The minimum Gasteiger partial charge on any atom is -0.311 e. The number of hydrogen-bond donors (Lipinski definition) is 1. The Morgan fingerprint density at radius 3 is 3.06 bits per heavy atom. The maximum Gasteiger partial charge on any atom is 0.172 e. The molecule has 1 aliphatic carbocycles. The van der Waals surface area contributed by atoms with Gasteiger partial charge in [0.25, 0.3) is 0 Å². The van der Waals surface area contributed by atoms with Gasteiger partial charge in [-0.3, -0.25) is 4.98 Å². The van der Waals surface area contributed by atoms with Crippen LogP contribution in [0.5, 0.6) is 0 Å². The van der Waals surface area contributed by atoms with Gasteiger partial charge in [0.1, 0.15) is 0 Å². The minimum atomic E-state index is 0.671.